The summed E-state index contributed by atoms with van der Waals surface area (Å²) < 4.78 is 5.24. The third kappa shape index (κ3) is 0.775. The summed E-state index contributed by atoms with van der Waals surface area (Å²) in [6.07, 6.45) is 2.62. The minimum absolute atomic E-state index is 0.416. The van der Waals surface area contributed by atoms with Crippen LogP contribution in [0.15, 0.2) is 0 Å². The van der Waals surface area contributed by atoms with Gasteiger partial charge in [0.2, 0.25) is 0 Å². The van der Waals surface area contributed by atoms with Gasteiger partial charge in [0, 0.05) is 5.54 Å². The van der Waals surface area contributed by atoms with Gasteiger partial charge in [-0.15, -0.1) is 0 Å². The molecule has 1 aliphatic carbocycles. The normalized spacial score (nSPS) is 49.7. The fraction of sp³-hybridized carbons (Fsp3) is 1.00. The molecule has 0 unspecified atom stereocenters. The van der Waals surface area contributed by atoms with Crippen molar-refractivity contribution in [3.63, 3.8) is 0 Å². The van der Waals surface area contributed by atoms with Crippen molar-refractivity contribution in [3.8, 4) is 0 Å². The standard InChI is InChI=1S/C7H13NO/c1-6-2-7(3-6)4-9-5-8-7/h6,8H,2-5H2,1H3. The van der Waals surface area contributed by atoms with Gasteiger partial charge in [-0.3, -0.25) is 5.32 Å². The smallest absolute Gasteiger partial charge is 0.0971 e. The first-order valence-electron chi connectivity index (χ1n) is 3.64. The van der Waals surface area contributed by atoms with E-state index in [4.69, 9.17) is 4.74 Å². The van der Waals surface area contributed by atoms with E-state index in [0.29, 0.717) is 5.54 Å². The fourth-order valence-corrected chi connectivity index (χ4v) is 2.04. The Kier molecular flexibility index (Phi) is 1.08. The van der Waals surface area contributed by atoms with Gasteiger partial charge in [-0.1, -0.05) is 6.92 Å². The molecule has 0 radical (unpaired) electrons. The number of rotatable bonds is 0. The van der Waals surface area contributed by atoms with Crippen LogP contribution in [0.2, 0.25) is 0 Å². The predicted molar refractivity (Wildman–Crippen MR) is 35.1 cm³/mol. The molecule has 1 saturated heterocycles. The second kappa shape index (κ2) is 1.70. The van der Waals surface area contributed by atoms with Crippen molar-refractivity contribution in [2.24, 2.45) is 5.92 Å². The van der Waals surface area contributed by atoms with E-state index < -0.39 is 0 Å². The highest BCUT2D eigenvalue weighted by Crippen LogP contribution is 2.39. The maximum absolute atomic E-state index is 5.24. The molecular formula is C7H13NO. The summed E-state index contributed by atoms with van der Waals surface area (Å²) in [5.74, 6) is 0.916. The van der Waals surface area contributed by atoms with Crippen molar-refractivity contribution < 1.29 is 4.74 Å². The van der Waals surface area contributed by atoms with E-state index in [2.05, 4.69) is 12.2 Å². The van der Waals surface area contributed by atoms with Crippen LogP contribution in [0.4, 0.5) is 0 Å². The third-order valence-electron chi connectivity index (χ3n) is 2.41. The zero-order valence-electron chi connectivity index (χ0n) is 5.81. The Morgan fingerprint density at radius 2 is 2.33 bits per heavy atom. The van der Waals surface area contributed by atoms with Crippen LogP contribution in [0, 0.1) is 5.92 Å². The van der Waals surface area contributed by atoms with Crippen molar-refractivity contribution in [2.75, 3.05) is 13.3 Å². The van der Waals surface area contributed by atoms with Crippen molar-refractivity contribution in [3.05, 3.63) is 0 Å². The zero-order chi connectivity index (χ0) is 6.32. The van der Waals surface area contributed by atoms with Gasteiger partial charge in [-0.2, -0.15) is 0 Å². The van der Waals surface area contributed by atoms with Crippen LogP contribution >= 0.6 is 0 Å². The highest BCUT2D eigenvalue weighted by molar-refractivity contribution is 5.00. The zero-order valence-corrected chi connectivity index (χ0v) is 5.81. The largest absolute Gasteiger partial charge is 0.364 e. The van der Waals surface area contributed by atoms with Gasteiger partial charge < -0.3 is 4.74 Å². The summed E-state index contributed by atoms with van der Waals surface area (Å²) in [5, 5.41) is 3.38. The Morgan fingerprint density at radius 1 is 1.56 bits per heavy atom. The first-order valence-corrected chi connectivity index (χ1v) is 3.64. The Balaban J connectivity index is 1.95. The highest BCUT2D eigenvalue weighted by atomic mass is 16.5. The molecule has 2 rings (SSSR count). The van der Waals surface area contributed by atoms with Gasteiger partial charge in [0.05, 0.1) is 13.3 Å². The minimum atomic E-state index is 0.416. The quantitative estimate of drug-likeness (QED) is 0.518. The molecule has 2 nitrogen and oxygen atoms in total. The van der Waals surface area contributed by atoms with E-state index >= 15 is 0 Å². The van der Waals surface area contributed by atoms with Gasteiger partial charge in [0.1, 0.15) is 0 Å². The molecule has 0 aromatic carbocycles. The third-order valence-corrected chi connectivity index (χ3v) is 2.41. The Labute approximate surface area is 55.6 Å². The molecule has 0 aromatic rings. The van der Waals surface area contributed by atoms with Crippen molar-refractivity contribution in [1.82, 2.24) is 5.32 Å². The van der Waals surface area contributed by atoms with Crippen LogP contribution in [0.5, 0.6) is 0 Å². The Hall–Kier alpha value is -0.0800. The topological polar surface area (TPSA) is 21.3 Å². The molecule has 1 aliphatic heterocycles. The van der Waals surface area contributed by atoms with E-state index in [1.54, 1.807) is 0 Å². The van der Waals surface area contributed by atoms with Crippen molar-refractivity contribution >= 4 is 0 Å². The summed E-state index contributed by atoms with van der Waals surface area (Å²) in [6.45, 7) is 4.01. The lowest BCUT2D eigenvalue weighted by atomic mass is 9.70. The molecular weight excluding hydrogens is 114 g/mol. The van der Waals surface area contributed by atoms with E-state index in [1.165, 1.54) is 12.8 Å². The first-order chi connectivity index (χ1) is 4.31. The Morgan fingerprint density at radius 3 is 2.78 bits per heavy atom. The molecule has 0 amide bonds. The number of hydrogen-bond acceptors (Lipinski definition) is 2. The van der Waals surface area contributed by atoms with Gasteiger partial charge in [-0.05, 0) is 18.8 Å². The number of hydrogen-bond donors (Lipinski definition) is 1. The van der Waals surface area contributed by atoms with Gasteiger partial charge in [0.15, 0.2) is 0 Å². The summed E-state index contributed by atoms with van der Waals surface area (Å²) >= 11 is 0. The fourth-order valence-electron chi connectivity index (χ4n) is 2.04. The molecule has 2 fully saturated rings. The average Bonchev–Trinajstić information content (AvgIpc) is 2.12. The average molecular weight is 127 g/mol. The first kappa shape index (κ1) is 5.69. The van der Waals surface area contributed by atoms with E-state index in [1.807, 2.05) is 0 Å². The van der Waals surface area contributed by atoms with E-state index in [9.17, 15) is 0 Å². The molecule has 0 atom stereocenters. The highest BCUT2D eigenvalue weighted by Gasteiger charge is 2.44. The molecule has 2 heteroatoms. The van der Waals surface area contributed by atoms with Crippen LogP contribution in [-0.4, -0.2) is 18.9 Å². The van der Waals surface area contributed by atoms with Gasteiger partial charge in [0.25, 0.3) is 0 Å². The summed E-state index contributed by atoms with van der Waals surface area (Å²) in [5.41, 5.74) is 0.416. The van der Waals surface area contributed by atoms with Crippen LogP contribution < -0.4 is 5.32 Å². The molecule has 1 spiro atoms. The van der Waals surface area contributed by atoms with E-state index in [0.717, 1.165) is 19.3 Å². The second-order valence-corrected chi connectivity index (χ2v) is 3.46. The van der Waals surface area contributed by atoms with Crippen LogP contribution in [0.1, 0.15) is 19.8 Å². The van der Waals surface area contributed by atoms with Crippen LogP contribution in [0.3, 0.4) is 0 Å². The monoisotopic (exact) mass is 127 g/mol. The lowest BCUT2D eigenvalue weighted by Gasteiger charge is -2.42. The van der Waals surface area contributed by atoms with Gasteiger partial charge >= 0.3 is 0 Å². The number of ether oxygens (including phenoxy) is 1. The molecule has 1 heterocycles. The molecule has 1 N–H and O–H groups in total. The van der Waals surface area contributed by atoms with Crippen LogP contribution in [-0.2, 0) is 4.74 Å². The molecule has 9 heavy (non-hydrogen) atoms. The summed E-state index contributed by atoms with van der Waals surface area (Å²) in [4.78, 5) is 0. The molecule has 2 aliphatic rings. The van der Waals surface area contributed by atoms with Crippen LogP contribution in [0.25, 0.3) is 0 Å². The number of nitrogens with one attached hydrogen (secondary N) is 1. The molecule has 1 saturated carbocycles. The lowest BCUT2D eigenvalue weighted by molar-refractivity contribution is 0.108. The predicted octanol–water partition coefficient (Wildman–Crippen LogP) is 0.732. The Bertz CT molecular complexity index is 110. The van der Waals surface area contributed by atoms with E-state index in [-0.39, 0.29) is 0 Å². The lowest BCUT2D eigenvalue weighted by Crippen LogP contribution is -2.52. The summed E-state index contributed by atoms with van der Waals surface area (Å²) in [7, 11) is 0. The van der Waals surface area contributed by atoms with Crippen molar-refractivity contribution in [1.29, 1.82) is 0 Å². The summed E-state index contributed by atoms with van der Waals surface area (Å²) in [6, 6.07) is 0. The van der Waals surface area contributed by atoms with Gasteiger partial charge in [-0.25, -0.2) is 0 Å². The molecule has 0 aromatic heterocycles. The maximum atomic E-state index is 5.24. The van der Waals surface area contributed by atoms with Crippen molar-refractivity contribution in [2.45, 2.75) is 25.3 Å². The minimum Gasteiger partial charge on any atom is -0.364 e. The second-order valence-electron chi connectivity index (χ2n) is 3.46. The SMILES string of the molecule is CC1CC2(COCN2)C1. The molecule has 52 valence electrons. The maximum Gasteiger partial charge on any atom is 0.0971 e. The molecule has 0 bridgehead atoms.